The summed E-state index contributed by atoms with van der Waals surface area (Å²) in [5, 5.41) is 15.4. The maximum Gasteiger partial charge on any atom is 0.260 e. The number of aliphatic hydroxyl groups is 1. The van der Waals surface area contributed by atoms with Crippen molar-refractivity contribution in [3.8, 4) is 0 Å². The van der Waals surface area contributed by atoms with Crippen LogP contribution in [0.4, 0.5) is 0 Å². The molecule has 1 saturated carbocycles. The van der Waals surface area contributed by atoms with E-state index in [1.807, 2.05) is 0 Å². The lowest BCUT2D eigenvalue weighted by Gasteiger charge is -2.33. The molecule has 0 aromatic carbocycles. The Kier molecular flexibility index (Phi) is 4.82. The molecule has 1 aliphatic carbocycles. The Morgan fingerprint density at radius 2 is 2.05 bits per heavy atom. The Hall–Kier alpha value is -0.920. The maximum atomic E-state index is 12.6. The average molecular weight is 301 g/mol. The number of nitrogens with zero attached hydrogens (tertiary/aromatic N) is 2. The highest BCUT2D eigenvalue weighted by Crippen LogP contribution is 2.31. The van der Waals surface area contributed by atoms with Gasteiger partial charge in [0.2, 0.25) is 0 Å². The molecule has 6 nitrogen and oxygen atoms in total. The summed E-state index contributed by atoms with van der Waals surface area (Å²) in [4.78, 5) is 0. The van der Waals surface area contributed by atoms with E-state index >= 15 is 0 Å². The zero-order valence-corrected chi connectivity index (χ0v) is 12.9. The van der Waals surface area contributed by atoms with Crippen LogP contribution < -0.4 is 0 Å². The van der Waals surface area contributed by atoms with Gasteiger partial charge in [0.1, 0.15) is 0 Å². The molecule has 1 heterocycles. The fraction of sp³-hybridized carbons (Fsp3) is 0.769. The van der Waals surface area contributed by atoms with Crippen LogP contribution in [0.3, 0.4) is 0 Å². The Labute approximate surface area is 120 Å². The van der Waals surface area contributed by atoms with Crippen molar-refractivity contribution in [3.05, 3.63) is 11.8 Å². The first-order valence-corrected chi connectivity index (χ1v) is 8.55. The van der Waals surface area contributed by atoms with E-state index in [0.717, 1.165) is 31.6 Å². The minimum Gasteiger partial charge on any atom is -0.392 e. The van der Waals surface area contributed by atoms with E-state index in [1.54, 1.807) is 7.05 Å². The van der Waals surface area contributed by atoms with Gasteiger partial charge >= 0.3 is 0 Å². The van der Waals surface area contributed by atoms with E-state index in [2.05, 4.69) is 17.1 Å². The molecule has 7 heteroatoms. The summed E-state index contributed by atoms with van der Waals surface area (Å²) >= 11 is 0. The fourth-order valence-corrected chi connectivity index (χ4v) is 4.40. The molecule has 20 heavy (non-hydrogen) atoms. The molecule has 1 aliphatic rings. The normalized spacial score (nSPS) is 24.2. The highest BCUT2D eigenvalue weighted by atomic mass is 32.2. The summed E-state index contributed by atoms with van der Waals surface area (Å²) in [6.07, 6.45) is 6.48. The zero-order chi connectivity index (χ0) is 14.8. The lowest BCUT2D eigenvalue weighted by Crippen LogP contribution is -2.39. The van der Waals surface area contributed by atoms with Crippen LogP contribution in [-0.4, -0.2) is 41.1 Å². The predicted octanol–water partition coefficient (Wildman–Crippen LogP) is 1.49. The van der Waals surface area contributed by atoms with Gasteiger partial charge in [0.25, 0.3) is 10.0 Å². The van der Waals surface area contributed by atoms with E-state index in [-0.39, 0.29) is 17.7 Å². The summed E-state index contributed by atoms with van der Waals surface area (Å²) in [5.41, 5.74) is 0.319. The third kappa shape index (κ3) is 2.89. The summed E-state index contributed by atoms with van der Waals surface area (Å²) in [7, 11) is -1.99. The topological polar surface area (TPSA) is 86.3 Å². The number of H-pyrrole nitrogens is 1. The van der Waals surface area contributed by atoms with Gasteiger partial charge in [0.15, 0.2) is 5.03 Å². The van der Waals surface area contributed by atoms with Gasteiger partial charge in [-0.2, -0.15) is 9.40 Å². The summed E-state index contributed by atoms with van der Waals surface area (Å²) < 4.78 is 26.6. The second-order valence-corrected chi connectivity index (χ2v) is 7.42. The van der Waals surface area contributed by atoms with Crippen LogP contribution in [0.25, 0.3) is 0 Å². The molecule has 0 bridgehead atoms. The molecular weight excluding hydrogens is 278 g/mol. The number of aromatic nitrogens is 2. The van der Waals surface area contributed by atoms with E-state index in [1.165, 1.54) is 16.9 Å². The largest absolute Gasteiger partial charge is 0.392 e. The first-order valence-electron chi connectivity index (χ1n) is 7.11. The van der Waals surface area contributed by atoms with Gasteiger partial charge in [0, 0.05) is 18.7 Å². The molecule has 0 amide bonds. The molecule has 114 valence electrons. The molecule has 1 fully saturated rings. The van der Waals surface area contributed by atoms with Gasteiger partial charge < -0.3 is 5.11 Å². The van der Waals surface area contributed by atoms with Crippen molar-refractivity contribution in [2.75, 3.05) is 7.05 Å². The van der Waals surface area contributed by atoms with Gasteiger partial charge in [-0.25, -0.2) is 8.42 Å². The predicted molar refractivity (Wildman–Crippen MR) is 75.5 cm³/mol. The number of aliphatic hydroxyl groups excluding tert-OH is 1. The molecule has 1 aromatic rings. The van der Waals surface area contributed by atoms with Gasteiger partial charge in [-0.3, -0.25) is 5.10 Å². The Morgan fingerprint density at radius 3 is 2.60 bits per heavy atom. The van der Waals surface area contributed by atoms with Gasteiger partial charge in [-0.1, -0.05) is 13.3 Å². The number of hydrogen-bond acceptors (Lipinski definition) is 4. The van der Waals surface area contributed by atoms with Crippen molar-refractivity contribution < 1.29 is 13.5 Å². The number of aromatic amines is 1. The molecule has 0 aliphatic heterocycles. The first-order chi connectivity index (χ1) is 9.50. The standard InChI is InChI=1S/C13H23N3O3S/c1-3-10-4-6-12(7-5-10)16(2)20(18,19)13-11(9-17)8-14-15-13/h8,10,12,17H,3-7,9H2,1-2H3,(H,14,15). The number of hydrogen-bond donors (Lipinski definition) is 2. The fourth-order valence-electron chi connectivity index (χ4n) is 2.89. The second-order valence-electron chi connectivity index (χ2n) is 5.49. The summed E-state index contributed by atoms with van der Waals surface area (Å²) in [6, 6.07) is 0.0395. The van der Waals surface area contributed by atoms with Gasteiger partial charge in [-0.05, 0) is 31.6 Å². The third-order valence-electron chi connectivity index (χ3n) is 4.39. The number of nitrogens with one attached hydrogen (secondary N) is 1. The lowest BCUT2D eigenvalue weighted by molar-refractivity contribution is 0.232. The number of sulfonamides is 1. The molecule has 2 N–H and O–H groups in total. The third-order valence-corrected chi connectivity index (χ3v) is 6.32. The Balaban J connectivity index is 2.14. The van der Waals surface area contributed by atoms with Crippen molar-refractivity contribution >= 4 is 10.0 Å². The van der Waals surface area contributed by atoms with Crippen LogP contribution in [-0.2, 0) is 16.6 Å². The van der Waals surface area contributed by atoms with Gasteiger partial charge in [-0.15, -0.1) is 0 Å². The van der Waals surface area contributed by atoms with Crippen LogP contribution in [0.1, 0.15) is 44.6 Å². The van der Waals surface area contributed by atoms with Crippen LogP contribution in [0.2, 0.25) is 0 Å². The lowest BCUT2D eigenvalue weighted by atomic mass is 9.85. The Morgan fingerprint density at radius 1 is 1.40 bits per heavy atom. The van der Waals surface area contributed by atoms with Crippen LogP contribution in [0, 0.1) is 5.92 Å². The molecule has 0 atom stereocenters. The smallest absolute Gasteiger partial charge is 0.260 e. The molecular formula is C13H23N3O3S. The highest BCUT2D eigenvalue weighted by Gasteiger charge is 2.33. The maximum absolute atomic E-state index is 12.6. The summed E-state index contributed by atoms with van der Waals surface area (Å²) in [6.45, 7) is 1.85. The molecule has 0 saturated heterocycles. The zero-order valence-electron chi connectivity index (χ0n) is 12.0. The van der Waals surface area contributed by atoms with Crippen molar-refractivity contribution in [3.63, 3.8) is 0 Å². The van der Waals surface area contributed by atoms with Crippen LogP contribution >= 0.6 is 0 Å². The van der Waals surface area contributed by atoms with Crippen molar-refractivity contribution in [2.24, 2.45) is 5.92 Å². The molecule has 1 aromatic heterocycles. The van der Waals surface area contributed by atoms with E-state index < -0.39 is 10.0 Å². The van der Waals surface area contributed by atoms with Crippen molar-refractivity contribution in [1.82, 2.24) is 14.5 Å². The summed E-state index contributed by atoms with van der Waals surface area (Å²) in [5.74, 6) is 0.725. The SMILES string of the molecule is CCC1CCC(N(C)S(=O)(=O)c2[nH]ncc2CO)CC1. The van der Waals surface area contributed by atoms with Gasteiger partial charge in [0.05, 0.1) is 12.8 Å². The first kappa shape index (κ1) is 15.5. The Bertz CT molecular complexity index is 533. The molecule has 0 unspecified atom stereocenters. The second kappa shape index (κ2) is 6.24. The van der Waals surface area contributed by atoms with Crippen molar-refractivity contribution in [2.45, 2.75) is 56.7 Å². The van der Waals surface area contributed by atoms with E-state index in [9.17, 15) is 13.5 Å². The monoisotopic (exact) mass is 301 g/mol. The number of rotatable bonds is 5. The van der Waals surface area contributed by atoms with Crippen LogP contribution in [0.15, 0.2) is 11.2 Å². The highest BCUT2D eigenvalue weighted by molar-refractivity contribution is 7.89. The molecule has 0 spiro atoms. The quantitative estimate of drug-likeness (QED) is 0.862. The average Bonchev–Trinajstić information content (AvgIpc) is 2.95. The van der Waals surface area contributed by atoms with E-state index in [4.69, 9.17) is 0 Å². The van der Waals surface area contributed by atoms with Crippen molar-refractivity contribution in [1.29, 1.82) is 0 Å². The molecule has 2 rings (SSSR count). The minimum atomic E-state index is -3.61. The van der Waals surface area contributed by atoms with Crippen LogP contribution in [0.5, 0.6) is 0 Å². The van der Waals surface area contributed by atoms with E-state index in [0.29, 0.717) is 5.56 Å². The minimum absolute atomic E-state index is 0.0140. The molecule has 0 radical (unpaired) electrons.